The van der Waals surface area contributed by atoms with E-state index in [1.807, 2.05) is 25.3 Å². The third-order valence-corrected chi connectivity index (χ3v) is 2.07. The van der Waals surface area contributed by atoms with Gasteiger partial charge in [-0.15, -0.1) is 0 Å². The molecule has 2 rings (SSSR count). The molecule has 0 aromatic carbocycles. The van der Waals surface area contributed by atoms with E-state index in [9.17, 15) is 0 Å². The molecule has 0 aliphatic carbocycles. The van der Waals surface area contributed by atoms with Crippen molar-refractivity contribution in [2.75, 3.05) is 6.26 Å². The number of hydrogen-bond acceptors (Lipinski definition) is 4. The van der Waals surface area contributed by atoms with Gasteiger partial charge in [0.25, 0.3) is 5.22 Å². The normalized spacial score (nSPS) is 10.8. The Morgan fingerprint density at radius 3 is 2.92 bits per heavy atom. The second-order valence-electron chi connectivity index (χ2n) is 2.46. The molecule has 0 amide bonds. The van der Waals surface area contributed by atoms with Gasteiger partial charge in [0.05, 0.1) is 0 Å². The third kappa shape index (κ3) is 1.18. The lowest BCUT2D eigenvalue weighted by Crippen LogP contribution is -1.79. The van der Waals surface area contributed by atoms with Gasteiger partial charge in [0.2, 0.25) is 0 Å². The van der Waals surface area contributed by atoms with Crippen molar-refractivity contribution in [1.29, 1.82) is 0 Å². The van der Waals surface area contributed by atoms with Crippen molar-refractivity contribution in [2.24, 2.45) is 0 Å². The van der Waals surface area contributed by atoms with Gasteiger partial charge in [-0.25, -0.2) is 4.98 Å². The first-order valence-corrected chi connectivity index (χ1v) is 4.80. The van der Waals surface area contributed by atoms with Crippen LogP contribution in [0, 0.1) is 6.92 Å². The van der Waals surface area contributed by atoms with E-state index in [1.165, 1.54) is 11.8 Å². The first-order valence-electron chi connectivity index (χ1n) is 3.58. The smallest absolute Gasteiger partial charge is 0.258 e. The highest BCUT2D eigenvalue weighted by Gasteiger charge is 2.04. The van der Waals surface area contributed by atoms with Crippen LogP contribution < -0.4 is 0 Å². The van der Waals surface area contributed by atoms with E-state index in [1.54, 1.807) is 0 Å². The Balaban J connectivity index is 2.67. The van der Waals surface area contributed by atoms with Gasteiger partial charge in [-0.1, -0.05) is 11.8 Å². The Kier molecular flexibility index (Phi) is 1.77. The molecule has 0 aliphatic heterocycles. The van der Waals surface area contributed by atoms with Crippen LogP contribution in [0.25, 0.3) is 11.2 Å². The first-order chi connectivity index (χ1) is 5.79. The van der Waals surface area contributed by atoms with Gasteiger partial charge in [-0.3, -0.25) is 0 Å². The van der Waals surface area contributed by atoms with Crippen molar-refractivity contribution in [2.45, 2.75) is 12.1 Å². The van der Waals surface area contributed by atoms with Crippen LogP contribution in [0.15, 0.2) is 21.8 Å². The molecule has 0 atom stereocenters. The molecule has 0 spiro atoms. The second-order valence-corrected chi connectivity index (χ2v) is 3.22. The molecule has 0 saturated heterocycles. The van der Waals surface area contributed by atoms with Gasteiger partial charge in [0.1, 0.15) is 0 Å². The highest BCUT2D eigenvalue weighted by Crippen LogP contribution is 2.19. The molecule has 0 saturated carbocycles. The third-order valence-electron chi connectivity index (χ3n) is 1.55. The number of rotatable bonds is 1. The fourth-order valence-electron chi connectivity index (χ4n) is 0.981. The van der Waals surface area contributed by atoms with E-state index in [-0.39, 0.29) is 0 Å². The minimum Gasteiger partial charge on any atom is -0.430 e. The lowest BCUT2D eigenvalue weighted by atomic mass is 10.4. The zero-order chi connectivity index (χ0) is 8.55. The van der Waals surface area contributed by atoms with E-state index in [2.05, 4.69) is 9.97 Å². The number of hydrogen-bond donors (Lipinski definition) is 0. The molecule has 0 radical (unpaired) electrons. The molecular formula is C8H8N2OS. The van der Waals surface area contributed by atoms with Crippen LogP contribution >= 0.6 is 11.8 Å². The van der Waals surface area contributed by atoms with Gasteiger partial charge in [-0.2, -0.15) is 4.98 Å². The van der Waals surface area contributed by atoms with E-state index < -0.39 is 0 Å². The van der Waals surface area contributed by atoms with Crippen LogP contribution in [0.5, 0.6) is 0 Å². The van der Waals surface area contributed by atoms with Crippen LogP contribution in [-0.2, 0) is 0 Å². The monoisotopic (exact) mass is 180 g/mol. The van der Waals surface area contributed by atoms with Gasteiger partial charge in [-0.05, 0) is 25.3 Å². The molecule has 12 heavy (non-hydrogen) atoms. The van der Waals surface area contributed by atoms with Crippen molar-refractivity contribution < 1.29 is 4.42 Å². The molecule has 0 fully saturated rings. The molecule has 4 heteroatoms. The number of thioether (sulfide) groups is 1. The number of fused-ring (bicyclic) bond motifs is 1. The Morgan fingerprint density at radius 1 is 1.33 bits per heavy atom. The van der Waals surface area contributed by atoms with Crippen LogP contribution in [0.2, 0.25) is 0 Å². The molecule has 0 N–H and O–H groups in total. The summed E-state index contributed by atoms with van der Waals surface area (Å²) in [6.07, 6.45) is 1.93. The fraction of sp³-hybridized carbons (Fsp3) is 0.250. The standard InChI is InChI=1S/C8H8N2OS/c1-5-3-4-6-7(9-5)10-8(11-6)12-2/h3-4H,1-2H3. The lowest BCUT2D eigenvalue weighted by Gasteiger charge is -1.86. The molecule has 62 valence electrons. The van der Waals surface area contributed by atoms with E-state index in [0.29, 0.717) is 10.9 Å². The topological polar surface area (TPSA) is 38.9 Å². The van der Waals surface area contributed by atoms with E-state index >= 15 is 0 Å². The first kappa shape index (κ1) is 7.61. The quantitative estimate of drug-likeness (QED) is 0.631. The van der Waals surface area contributed by atoms with Gasteiger partial charge < -0.3 is 4.42 Å². The summed E-state index contributed by atoms with van der Waals surface area (Å²) in [6, 6.07) is 3.81. The number of aryl methyl sites for hydroxylation is 1. The fourth-order valence-corrected chi connectivity index (χ4v) is 1.33. The van der Waals surface area contributed by atoms with Crippen LogP contribution in [0.3, 0.4) is 0 Å². The van der Waals surface area contributed by atoms with Crippen LogP contribution in [-0.4, -0.2) is 16.2 Å². The van der Waals surface area contributed by atoms with Crippen LogP contribution in [0.4, 0.5) is 0 Å². The van der Waals surface area contributed by atoms with Crippen molar-refractivity contribution in [1.82, 2.24) is 9.97 Å². The van der Waals surface area contributed by atoms with E-state index in [4.69, 9.17) is 4.42 Å². The van der Waals surface area contributed by atoms with Crippen molar-refractivity contribution >= 4 is 23.0 Å². The number of nitrogens with zero attached hydrogens (tertiary/aromatic N) is 2. The largest absolute Gasteiger partial charge is 0.430 e. The minimum absolute atomic E-state index is 0.670. The predicted octanol–water partition coefficient (Wildman–Crippen LogP) is 2.25. The molecule has 2 aromatic rings. The summed E-state index contributed by atoms with van der Waals surface area (Å²) in [5, 5.41) is 0.670. The van der Waals surface area contributed by atoms with Crippen molar-refractivity contribution in [3.63, 3.8) is 0 Å². The lowest BCUT2D eigenvalue weighted by molar-refractivity contribution is 0.490. The van der Waals surface area contributed by atoms with Crippen molar-refractivity contribution in [3.05, 3.63) is 17.8 Å². The average molecular weight is 180 g/mol. The number of pyridine rings is 1. The summed E-state index contributed by atoms with van der Waals surface area (Å²) in [6.45, 7) is 1.94. The molecule has 2 heterocycles. The van der Waals surface area contributed by atoms with Gasteiger partial charge >= 0.3 is 0 Å². The summed E-state index contributed by atoms with van der Waals surface area (Å²) in [4.78, 5) is 8.40. The predicted molar refractivity (Wildman–Crippen MR) is 48.3 cm³/mol. The van der Waals surface area contributed by atoms with Gasteiger partial charge in [0.15, 0.2) is 11.2 Å². The maximum atomic E-state index is 5.36. The maximum absolute atomic E-state index is 5.36. The number of oxazole rings is 1. The Morgan fingerprint density at radius 2 is 2.17 bits per heavy atom. The summed E-state index contributed by atoms with van der Waals surface area (Å²) in [7, 11) is 0. The van der Waals surface area contributed by atoms with Crippen LogP contribution in [0.1, 0.15) is 5.69 Å². The summed E-state index contributed by atoms with van der Waals surface area (Å²) in [5.41, 5.74) is 2.41. The van der Waals surface area contributed by atoms with Gasteiger partial charge in [0, 0.05) is 5.69 Å². The maximum Gasteiger partial charge on any atom is 0.258 e. The van der Waals surface area contributed by atoms with E-state index in [0.717, 1.165) is 11.3 Å². The molecule has 0 aliphatic rings. The number of aromatic nitrogens is 2. The molecule has 0 bridgehead atoms. The second kappa shape index (κ2) is 2.79. The highest BCUT2D eigenvalue weighted by molar-refractivity contribution is 7.98. The molecule has 3 nitrogen and oxygen atoms in total. The SMILES string of the molecule is CSc1nc2nc(C)ccc2o1. The highest BCUT2D eigenvalue weighted by atomic mass is 32.2. The zero-order valence-corrected chi connectivity index (χ0v) is 7.68. The molecule has 2 aromatic heterocycles. The average Bonchev–Trinajstić information content (AvgIpc) is 2.46. The Labute approximate surface area is 74.2 Å². The zero-order valence-electron chi connectivity index (χ0n) is 6.87. The summed E-state index contributed by atoms with van der Waals surface area (Å²) in [5.74, 6) is 0. The summed E-state index contributed by atoms with van der Waals surface area (Å²) < 4.78 is 5.36. The summed E-state index contributed by atoms with van der Waals surface area (Å²) >= 11 is 1.48. The minimum atomic E-state index is 0.670. The molecule has 0 unspecified atom stereocenters. The van der Waals surface area contributed by atoms with Crippen molar-refractivity contribution in [3.8, 4) is 0 Å². The Hall–Kier alpha value is -1.03. The molecular weight excluding hydrogens is 172 g/mol. The Bertz CT molecular complexity index is 410.